The molecule has 4 nitrogen and oxygen atoms in total. The summed E-state index contributed by atoms with van der Waals surface area (Å²) in [7, 11) is 0. The minimum absolute atomic E-state index is 0.380. The monoisotopic (exact) mass is 223 g/mol. The first-order chi connectivity index (χ1) is 7.79. The molecule has 1 N–H and O–H groups in total. The van der Waals surface area contributed by atoms with Crippen molar-refractivity contribution in [2.75, 3.05) is 13.1 Å². The van der Waals surface area contributed by atoms with Crippen LogP contribution in [-0.4, -0.2) is 23.2 Å². The summed E-state index contributed by atoms with van der Waals surface area (Å²) < 4.78 is 5.28. The first kappa shape index (κ1) is 11.6. The zero-order valence-corrected chi connectivity index (χ0v) is 10.2. The maximum Gasteiger partial charge on any atom is 0.229 e. The first-order valence-electron chi connectivity index (χ1n) is 6.32. The lowest BCUT2D eigenvalue weighted by atomic mass is 9.96. The summed E-state index contributed by atoms with van der Waals surface area (Å²) in [4.78, 5) is 4.47. The van der Waals surface area contributed by atoms with Gasteiger partial charge in [0.2, 0.25) is 5.89 Å². The molecular weight excluding hydrogens is 202 g/mol. The van der Waals surface area contributed by atoms with Crippen molar-refractivity contribution in [3.63, 3.8) is 0 Å². The number of piperidine rings is 1. The fraction of sp³-hybridized carbons (Fsp3) is 0.833. The summed E-state index contributed by atoms with van der Waals surface area (Å²) in [5.41, 5.74) is 0. The van der Waals surface area contributed by atoms with Gasteiger partial charge < -0.3 is 9.84 Å². The molecule has 0 saturated carbocycles. The molecule has 0 aromatic carbocycles. The molecule has 90 valence electrons. The van der Waals surface area contributed by atoms with E-state index in [2.05, 4.69) is 29.3 Å². The van der Waals surface area contributed by atoms with Crippen molar-refractivity contribution in [1.82, 2.24) is 15.5 Å². The van der Waals surface area contributed by atoms with Crippen molar-refractivity contribution in [3.05, 3.63) is 11.7 Å². The van der Waals surface area contributed by atoms with Gasteiger partial charge in [0.15, 0.2) is 5.82 Å². The van der Waals surface area contributed by atoms with Gasteiger partial charge in [-0.2, -0.15) is 4.98 Å². The molecule has 0 bridgehead atoms. The van der Waals surface area contributed by atoms with Crippen molar-refractivity contribution in [3.8, 4) is 0 Å². The highest BCUT2D eigenvalue weighted by Gasteiger charge is 2.18. The molecule has 2 heterocycles. The second kappa shape index (κ2) is 5.43. The summed E-state index contributed by atoms with van der Waals surface area (Å²) in [6.07, 6.45) is 4.54. The van der Waals surface area contributed by atoms with Gasteiger partial charge in [0, 0.05) is 12.3 Å². The highest BCUT2D eigenvalue weighted by atomic mass is 16.5. The van der Waals surface area contributed by atoms with Crippen molar-refractivity contribution >= 4 is 0 Å². The number of hydrogen-bond acceptors (Lipinski definition) is 4. The Morgan fingerprint density at radius 3 is 3.12 bits per heavy atom. The molecule has 1 aromatic rings. The highest BCUT2D eigenvalue weighted by molar-refractivity contribution is 4.93. The number of aromatic nitrogens is 2. The SMILES string of the molecule is CCC(C)c1nc(CC2CCCNC2)no1. The van der Waals surface area contributed by atoms with Gasteiger partial charge in [-0.05, 0) is 38.3 Å². The van der Waals surface area contributed by atoms with E-state index in [1.165, 1.54) is 12.8 Å². The maximum absolute atomic E-state index is 5.28. The fourth-order valence-corrected chi connectivity index (χ4v) is 2.08. The summed E-state index contributed by atoms with van der Waals surface area (Å²) in [5, 5.41) is 7.48. The Kier molecular flexibility index (Phi) is 3.93. The van der Waals surface area contributed by atoms with E-state index in [4.69, 9.17) is 4.52 Å². The van der Waals surface area contributed by atoms with Crippen molar-refractivity contribution in [1.29, 1.82) is 0 Å². The Morgan fingerprint density at radius 1 is 1.56 bits per heavy atom. The quantitative estimate of drug-likeness (QED) is 0.849. The third-order valence-electron chi connectivity index (χ3n) is 3.39. The Hall–Kier alpha value is -0.900. The van der Waals surface area contributed by atoms with E-state index in [0.717, 1.165) is 37.6 Å². The van der Waals surface area contributed by atoms with Crippen LogP contribution in [-0.2, 0) is 6.42 Å². The van der Waals surface area contributed by atoms with Gasteiger partial charge >= 0.3 is 0 Å². The van der Waals surface area contributed by atoms with Crippen LogP contribution >= 0.6 is 0 Å². The van der Waals surface area contributed by atoms with Crippen molar-refractivity contribution in [2.45, 2.75) is 45.4 Å². The van der Waals surface area contributed by atoms with Crippen molar-refractivity contribution in [2.24, 2.45) is 5.92 Å². The molecule has 16 heavy (non-hydrogen) atoms. The molecule has 1 aromatic heterocycles. The van der Waals surface area contributed by atoms with Crippen molar-refractivity contribution < 1.29 is 4.52 Å². The number of rotatable bonds is 4. The smallest absolute Gasteiger partial charge is 0.229 e. The fourth-order valence-electron chi connectivity index (χ4n) is 2.08. The molecule has 1 saturated heterocycles. The summed E-state index contributed by atoms with van der Waals surface area (Å²) in [6.45, 7) is 6.51. The Labute approximate surface area is 96.8 Å². The van der Waals surface area contributed by atoms with E-state index in [1.54, 1.807) is 0 Å². The highest BCUT2D eigenvalue weighted by Crippen LogP contribution is 2.19. The number of hydrogen-bond donors (Lipinski definition) is 1. The van der Waals surface area contributed by atoms with Crippen LogP contribution in [0.4, 0.5) is 0 Å². The minimum Gasteiger partial charge on any atom is -0.339 e. The molecule has 0 aliphatic carbocycles. The summed E-state index contributed by atoms with van der Waals surface area (Å²) in [6, 6.07) is 0. The minimum atomic E-state index is 0.380. The van der Waals surface area contributed by atoms with Crippen LogP contribution < -0.4 is 5.32 Å². The topological polar surface area (TPSA) is 51.0 Å². The lowest BCUT2D eigenvalue weighted by Gasteiger charge is -2.20. The van der Waals surface area contributed by atoms with Crippen LogP contribution in [0.3, 0.4) is 0 Å². The van der Waals surface area contributed by atoms with Gasteiger partial charge in [-0.25, -0.2) is 0 Å². The summed E-state index contributed by atoms with van der Waals surface area (Å²) >= 11 is 0. The van der Waals surface area contributed by atoms with Crippen LogP contribution in [0.25, 0.3) is 0 Å². The number of nitrogens with one attached hydrogen (secondary N) is 1. The average molecular weight is 223 g/mol. The zero-order chi connectivity index (χ0) is 11.4. The molecule has 0 radical (unpaired) electrons. The largest absolute Gasteiger partial charge is 0.339 e. The molecule has 1 aliphatic rings. The van der Waals surface area contributed by atoms with Gasteiger partial charge in [0.05, 0.1) is 0 Å². The standard InChI is InChI=1S/C12H21N3O/c1-3-9(2)12-14-11(15-16-12)7-10-5-4-6-13-8-10/h9-10,13H,3-8H2,1-2H3. The van der Waals surface area contributed by atoms with E-state index >= 15 is 0 Å². The molecule has 1 fully saturated rings. The molecule has 2 rings (SSSR count). The normalized spacial score (nSPS) is 23.2. The van der Waals surface area contributed by atoms with E-state index in [9.17, 15) is 0 Å². The van der Waals surface area contributed by atoms with Crippen LogP contribution in [0.15, 0.2) is 4.52 Å². The predicted molar refractivity (Wildman–Crippen MR) is 62.3 cm³/mol. The third kappa shape index (κ3) is 2.82. The van der Waals surface area contributed by atoms with E-state index < -0.39 is 0 Å². The molecular formula is C12H21N3O. The average Bonchev–Trinajstić information content (AvgIpc) is 2.78. The van der Waals surface area contributed by atoms with E-state index in [1.807, 2.05) is 0 Å². The second-order valence-electron chi connectivity index (χ2n) is 4.77. The molecule has 0 spiro atoms. The van der Waals surface area contributed by atoms with E-state index in [0.29, 0.717) is 11.8 Å². The van der Waals surface area contributed by atoms with Crippen LogP contribution in [0, 0.1) is 5.92 Å². The maximum atomic E-state index is 5.28. The van der Waals surface area contributed by atoms with E-state index in [-0.39, 0.29) is 0 Å². The predicted octanol–water partition coefficient (Wildman–Crippen LogP) is 2.13. The van der Waals surface area contributed by atoms with Gasteiger partial charge in [0.1, 0.15) is 0 Å². The second-order valence-corrected chi connectivity index (χ2v) is 4.77. The van der Waals surface area contributed by atoms with Gasteiger partial charge in [-0.15, -0.1) is 0 Å². The molecule has 1 aliphatic heterocycles. The Balaban J connectivity index is 1.91. The van der Waals surface area contributed by atoms with Gasteiger partial charge in [-0.3, -0.25) is 0 Å². The molecule has 0 amide bonds. The van der Waals surface area contributed by atoms with Crippen LogP contribution in [0.5, 0.6) is 0 Å². The van der Waals surface area contributed by atoms with Crippen LogP contribution in [0.1, 0.15) is 50.7 Å². The molecule has 2 unspecified atom stereocenters. The lowest BCUT2D eigenvalue weighted by molar-refractivity contribution is 0.339. The van der Waals surface area contributed by atoms with Gasteiger partial charge in [0.25, 0.3) is 0 Å². The third-order valence-corrected chi connectivity index (χ3v) is 3.39. The molecule has 2 atom stereocenters. The lowest BCUT2D eigenvalue weighted by Crippen LogP contribution is -2.31. The molecule has 4 heteroatoms. The Bertz CT molecular complexity index is 318. The number of nitrogens with zero attached hydrogens (tertiary/aromatic N) is 2. The van der Waals surface area contributed by atoms with Crippen LogP contribution in [0.2, 0.25) is 0 Å². The Morgan fingerprint density at radius 2 is 2.44 bits per heavy atom. The summed E-state index contributed by atoms with van der Waals surface area (Å²) in [5.74, 6) is 2.73. The van der Waals surface area contributed by atoms with Gasteiger partial charge in [-0.1, -0.05) is 19.0 Å². The first-order valence-corrected chi connectivity index (χ1v) is 6.32. The zero-order valence-electron chi connectivity index (χ0n) is 10.2.